The van der Waals surface area contributed by atoms with Gasteiger partial charge >= 0.3 is 0 Å². The van der Waals surface area contributed by atoms with Crippen LogP contribution in [-0.2, 0) is 0 Å². The summed E-state index contributed by atoms with van der Waals surface area (Å²) in [7, 11) is -3.12. The highest BCUT2D eigenvalue weighted by atomic mass is 32.1. The Kier molecular flexibility index (Phi) is 8.71. The molecule has 5 heteroatoms. The lowest BCUT2D eigenvalue weighted by atomic mass is 9.97. The molecule has 0 radical (unpaired) electrons. The zero-order valence-corrected chi connectivity index (χ0v) is 32.3. The summed E-state index contributed by atoms with van der Waals surface area (Å²) in [5.41, 5.74) is 7.45. The summed E-state index contributed by atoms with van der Waals surface area (Å²) in [5.74, 6) is 1.33. The third kappa shape index (κ3) is 5.85. The summed E-state index contributed by atoms with van der Waals surface area (Å²) in [6.45, 7) is 0. The smallest absolute Gasteiger partial charge is 0.217 e. The van der Waals surface area contributed by atoms with E-state index in [0.717, 1.165) is 32.4 Å². The van der Waals surface area contributed by atoms with E-state index >= 15 is 0 Å². The molecule has 264 valence electrons. The van der Waals surface area contributed by atoms with Crippen molar-refractivity contribution in [3.05, 3.63) is 212 Å². The van der Waals surface area contributed by atoms with Crippen molar-refractivity contribution in [3.8, 4) is 45.0 Å². The molecule has 0 saturated carbocycles. The summed E-state index contributed by atoms with van der Waals surface area (Å²) in [6.07, 6.45) is 0. The molecule has 0 unspecified atom stereocenters. The van der Waals surface area contributed by atoms with Crippen LogP contribution in [0, 0.1) is 0 Å². The summed E-state index contributed by atoms with van der Waals surface area (Å²) < 4.78 is 2.41. The molecular weight excluding hydrogens is 715 g/mol. The highest BCUT2D eigenvalue weighted by molar-refractivity contribution is 7.27. The van der Waals surface area contributed by atoms with Gasteiger partial charge in [0, 0.05) is 31.3 Å². The molecule has 3 nitrogen and oxygen atoms in total. The summed E-state index contributed by atoms with van der Waals surface area (Å²) in [4.78, 5) is 16.7. The lowest BCUT2D eigenvalue weighted by Gasteiger charge is -2.32. The van der Waals surface area contributed by atoms with Crippen molar-refractivity contribution in [2.45, 2.75) is 0 Å². The van der Waals surface area contributed by atoms with Crippen molar-refractivity contribution in [2.75, 3.05) is 0 Å². The maximum atomic E-state index is 5.71. The fourth-order valence-corrected chi connectivity index (χ4v) is 13.8. The number of hydrogen-bond acceptors (Lipinski definition) is 4. The Balaban J connectivity index is 1.34. The third-order valence-corrected chi connectivity index (χ3v) is 16.4. The maximum Gasteiger partial charge on any atom is 0.226 e. The fourth-order valence-electron chi connectivity index (χ4n) is 8.04. The van der Waals surface area contributed by atoms with E-state index in [1.807, 2.05) is 17.4 Å². The van der Waals surface area contributed by atoms with Crippen LogP contribution < -0.4 is 21.0 Å². The first-order valence-corrected chi connectivity index (χ1v) is 21.7. The van der Waals surface area contributed by atoms with E-state index in [4.69, 9.17) is 15.0 Å². The second-order valence-corrected chi connectivity index (χ2v) is 18.6. The standard InChI is InChI=1S/C51H35N3SSi/c1-7-20-36(21-8-1)39-34-45-44-33-19-32-43(37-22-9-2-10-23-37)47(44)55-48(45)46(35-39)50-52-49(38-24-11-3-12-25-38)53-51(54-50)56(40-26-13-4-14-27-40,41-28-15-5-16-29-41)42-30-17-6-18-31-42/h1-35H. The van der Waals surface area contributed by atoms with Gasteiger partial charge in [-0.05, 0) is 49.9 Å². The van der Waals surface area contributed by atoms with E-state index < -0.39 is 8.07 Å². The monoisotopic (exact) mass is 749 g/mol. The molecule has 0 fully saturated rings. The van der Waals surface area contributed by atoms with Gasteiger partial charge in [0.05, 0.1) is 0 Å². The summed E-state index contributed by atoms with van der Waals surface area (Å²) in [5, 5.41) is 6.06. The van der Waals surface area contributed by atoms with E-state index in [1.165, 1.54) is 42.2 Å². The molecule has 0 amide bonds. The van der Waals surface area contributed by atoms with Gasteiger partial charge in [0.1, 0.15) is 5.45 Å². The molecule has 10 rings (SSSR count). The molecule has 10 aromatic rings. The Bertz CT molecular complexity index is 2840. The molecule has 0 atom stereocenters. The molecule has 0 aliphatic carbocycles. The maximum absolute atomic E-state index is 5.71. The van der Waals surface area contributed by atoms with Gasteiger partial charge in [-0.25, -0.2) is 15.0 Å². The minimum Gasteiger partial charge on any atom is -0.217 e. The quantitative estimate of drug-likeness (QED) is 0.115. The van der Waals surface area contributed by atoms with Gasteiger partial charge in [-0.2, -0.15) is 0 Å². The van der Waals surface area contributed by atoms with Gasteiger partial charge in [-0.15, -0.1) is 11.3 Å². The Hall–Kier alpha value is -6.79. The van der Waals surface area contributed by atoms with Crippen LogP contribution in [0.15, 0.2) is 212 Å². The highest BCUT2D eigenvalue weighted by Crippen LogP contribution is 2.45. The van der Waals surface area contributed by atoms with Crippen molar-refractivity contribution < 1.29 is 0 Å². The number of rotatable bonds is 8. The number of aromatic nitrogens is 3. The van der Waals surface area contributed by atoms with Gasteiger partial charge in [0.25, 0.3) is 0 Å². The molecule has 0 aliphatic heterocycles. The topological polar surface area (TPSA) is 38.7 Å². The zero-order chi connectivity index (χ0) is 37.3. The largest absolute Gasteiger partial charge is 0.226 e. The average molecular weight is 750 g/mol. The van der Waals surface area contributed by atoms with Crippen molar-refractivity contribution in [1.29, 1.82) is 0 Å². The molecule has 2 aromatic heterocycles. The van der Waals surface area contributed by atoms with E-state index in [2.05, 4.69) is 206 Å². The van der Waals surface area contributed by atoms with Gasteiger partial charge in [0.15, 0.2) is 11.6 Å². The Morgan fingerprint density at radius 3 is 1.34 bits per heavy atom. The second kappa shape index (κ2) is 14.5. The van der Waals surface area contributed by atoms with Crippen LogP contribution in [0.2, 0.25) is 0 Å². The highest BCUT2D eigenvalue weighted by Gasteiger charge is 2.45. The molecule has 0 aliphatic rings. The van der Waals surface area contributed by atoms with E-state index in [9.17, 15) is 0 Å². The van der Waals surface area contributed by atoms with Crippen LogP contribution in [0.25, 0.3) is 65.2 Å². The number of benzene rings is 8. The van der Waals surface area contributed by atoms with Crippen LogP contribution in [0.1, 0.15) is 0 Å². The minimum atomic E-state index is -3.12. The first kappa shape index (κ1) is 33.8. The first-order valence-electron chi connectivity index (χ1n) is 18.9. The number of thiophene rings is 1. The van der Waals surface area contributed by atoms with Gasteiger partial charge in [0.2, 0.25) is 8.07 Å². The van der Waals surface area contributed by atoms with Crippen LogP contribution in [0.3, 0.4) is 0 Å². The molecule has 0 N–H and O–H groups in total. The second-order valence-electron chi connectivity index (χ2n) is 13.9. The van der Waals surface area contributed by atoms with E-state index in [1.54, 1.807) is 0 Å². The molecule has 2 heterocycles. The van der Waals surface area contributed by atoms with E-state index in [-0.39, 0.29) is 0 Å². The Labute approximate surface area is 331 Å². The summed E-state index contributed by atoms with van der Waals surface area (Å²) >= 11 is 1.82. The third-order valence-electron chi connectivity index (χ3n) is 10.7. The zero-order valence-electron chi connectivity index (χ0n) is 30.5. The fraction of sp³-hybridized carbons (Fsp3) is 0. The molecule has 0 saturated heterocycles. The normalized spacial score (nSPS) is 11.6. The lowest BCUT2D eigenvalue weighted by molar-refractivity contribution is 1.10. The van der Waals surface area contributed by atoms with Crippen molar-refractivity contribution in [1.82, 2.24) is 15.0 Å². The molecule has 56 heavy (non-hydrogen) atoms. The summed E-state index contributed by atoms with van der Waals surface area (Å²) in [6, 6.07) is 75.6. The van der Waals surface area contributed by atoms with E-state index in [0.29, 0.717) is 11.6 Å². The van der Waals surface area contributed by atoms with Gasteiger partial charge in [-0.1, -0.05) is 200 Å². The molecule has 0 bridgehead atoms. The Morgan fingerprint density at radius 2 is 0.786 bits per heavy atom. The number of hydrogen-bond donors (Lipinski definition) is 0. The molecule has 8 aromatic carbocycles. The van der Waals surface area contributed by atoms with Crippen LogP contribution in [0.4, 0.5) is 0 Å². The lowest BCUT2D eigenvalue weighted by Crippen LogP contribution is -2.76. The minimum absolute atomic E-state index is 0.662. The van der Waals surface area contributed by atoms with Crippen molar-refractivity contribution in [3.63, 3.8) is 0 Å². The predicted octanol–water partition coefficient (Wildman–Crippen LogP) is 10.3. The van der Waals surface area contributed by atoms with Crippen molar-refractivity contribution >= 4 is 60.6 Å². The Morgan fingerprint density at radius 1 is 0.321 bits per heavy atom. The number of nitrogens with zero attached hydrogens (tertiary/aromatic N) is 3. The molecule has 0 spiro atoms. The van der Waals surface area contributed by atoms with Crippen LogP contribution >= 0.6 is 11.3 Å². The SMILES string of the molecule is c1ccc(-c2cc(-c3nc(-c4ccccc4)nc([Si](c4ccccc4)(c4ccccc4)c4ccccc4)n3)c3sc4c(-c5ccccc5)cccc4c3c2)cc1. The number of fused-ring (bicyclic) bond motifs is 3. The van der Waals surface area contributed by atoms with Crippen LogP contribution in [0.5, 0.6) is 0 Å². The van der Waals surface area contributed by atoms with Gasteiger partial charge < -0.3 is 0 Å². The van der Waals surface area contributed by atoms with Crippen molar-refractivity contribution in [2.24, 2.45) is 0 Å². The predicted molar refractivity (Wildman–Crippen MR) is 238 cm³/mol. The van der Waals surface area contributed by atoms with Gasteiger partial charge in [-0.3, -0.25) is 0 Å². The van der Waals surface area contributed by atoms with Crippen LogP contribution in [-0.4, -0.2) is 23.0 Å². The average Bonchev–Trinajstić information content (AvgIpc) is 3.67. The molecular formula is C51H35N3SSi. The first-order chi connectivity index (χ1) is 27.8.